The van der Waals surface area contributed by atoms with Crippen molar-refractivity contribution in [2.75, 3.05) is 25.2 Å². The van der Waals surface area contributed by atoms with Gasteiger partial charge in [0.2, 0.25) is 5.91 Å². The van der Waals surface area contributed by atoms with Gasteiger partial charge in [0.15, 0.2) is 5.79 Å². The van der Waals surface area contributed by atoms with Crippen LogP contribution in [0.2, 0.25) is 0 Å². The molecule has 30 heavy (non-hydrogen) atoms. The number of thiophene rings is 1. The predicted octanol–water partition coefficient (Wildman–Crippen LogP) is 3.17. The van der Waals surface area contributed by atoms with Crippen LogP contribution in [0.5, 0.6) is 0 Å². The molecule has 0 N–H and O–H groups in total. The second-order valence-corrected chi connectivity index (χ2v) is 9.94. The summed E-state index contributed by atoms with van der Waals surface area (Å²) in [6, 6.07) is 1.75. The first-order chi connectivity index (χ1) is 14.4. The number of carbonyl (C=O) groups excluding carboxylic acids is 2. The molecule has 8 heteroatoms. The zero-order chi connectivity index (χ0) is 21.3. The van der Waals surface area contributed by atoms with E-state index in [1.54, 1.807) is 6.07 Å². The number of carbonyl (C=O) groups is 2. The molecule has 3 fully saturated rings. The van der Waals surface area contributed by atoms with Crippen molar-refractivity contribution in [3.63, 3.8) is 0 Å². The summed E-state index contributed by atoms with van der Waals surface area (Å²) in [4.78, 5) is 28.5. The van der Waals surface area contributed by atoms with Crippen molar-refractivity contribution in [2.45, 2.75) is 70.1 Å². The van der Waals surface area contributed by atoms with E-state index in [4.69, 9.17) is 22.1 Å². The molecular formula is C22H30BNO5S. The number of anilines is 1. The molecule has 2 radical (unpaired) electrons. The number of ether oxygens (including phenoxy) is 3. The Kier molecular flexibility index (Phi) is 6.56. The maximum Gasteiger partial charge on any atom is 0.350 e. The van der Waals surface area contributed by atoms with Gasteiger partial charge >= 0.3 is 5.97 Å². The van der Waals surface area contributed by atoms with Crippen molar-refractivity contribution >= 4 is 41.5 Å². The first-order valence-electron chi connectivity index (χ1n) is 11.0. The minimum Gasteiger partial charge on any atom is -0.465 e. The maximum atomic E-state index is 13.8. The largest absolute Gasteiger partial charge is 0.465 e. The van der Waals surface area contributed by atoms with Crippen molar-refractivity contribution in [1.82, 2.24) is 0 Å². The van der Waals surface area contributed by atoms with Crippen LogP contribution in [0, 0.1) is 11.8 Å². The minimum absolute atomic E-state index is 0.00678. The molecule has 0 bridgehead atoms. The molecule has 2 heterocycles. The average molecular weight is 431 g/mol. The Bertz CT molecular complexity index is 772. The molecule has 0 unspecified atom stereocenters. The molecule has 1 amide bonds. The van der Waals surface area contributed by atoms with Gasteiger partial charge in [-0.3, -0.25) is 4.79 Å². The van der Waals surface area contributed by atoms with Gasteiger partial charge in [-0.25, -0.2) is 4.79 Å². The van der Waals surface area contributed by atoms with Gasteiger partial charge in [0.05, 0.1) is 26.0 Å². The van der Waals surface area contributed by atoms with Crippen molar-refractivity contribution in [3.05, 3.63) is 10.9 Å². The summed E-state index contributed by atoms with van der Waals surface area (Å²) in [6.45, 7) is 3.50. The minimum atomic E-state index is -0.496. The fourth-order valence-electron chi connectivity index (χ4n) is 5.10. The standard InChI is InChI=1S/C22H30BNO5S/c1-14-3-5-15(6-4-14)20(25)24(17-13-18(23)30-19(17)21(26)27-2)16-7-9-22(10-8-16)28-11-12-29-22/h13-16H,3-12H2,1-2H3. The molecule has 1 aromatic heterocycles. The van der Waals surface area contributed by atoms with Gasteiger partial charge in [-0.2, -0.15) is 0 Å². The highest BCUT2D eigenvalue weighted by atomic mass is 32.1. The van der Waals surface area contributed by atoms with E-state index < -0.39 is 11.8 Å². The second-order valence-electron chi connectivity index (χ2n) is 8.86. The van der Waals surface area contributed by atoms with Gasteiger partial charge in [0.25, 0.3) is 0 Å². The topological polar surface area (TPSA) is 65.1 Å². The lowest BCUT2D eigenvalue weighted by atomic mass is 9.81. The van der Waals surface area contributed by atoms with Crippen molar-refractivity contribution in [1.29, 1.82) is 0 Å². The lowest BCUT2D eigenvalue weighted by molar-refractivity contribution is -0.179. The first-order valence-corrected chi connectivity index (χ1v) is 11.8. The van der Waals surface area contributed by atoms with E-state index in [0.29, 0.717) is 34.5 Å². The monoisotopic (exact) mass is 431 g/mol. The van der Waals surface area contributed by atoms with Crippen LogP contribution >= 0.6 is 11.3 Å². The van der Waals surface area contributed by atoms with E-state index in [-0.39, 0.29) is 17.9 Å². The quantitative estimate of drug-likeness (QED) is 0.541. The number of methoxy groups -OCH3 is 1. The van der Waals surface area contributed by atoms with Crippen LogP contribution < -0.4 is 9.68 Å². The Morgan fingerprint density at radius 1 is 1.13 bits per heavy atom. The summed E-state index contributed by atoms with van der Waals surface area (Å²) in [7, 11) is 7.42. The van der Waals surface area contributed by atoms with Gasteiger partial charge < -0.3 is 19.1 Å². The smallest absolute Gasteiger partial charge is 0.350 e. The van der Waals surface area contributed by atoms with Crippen molar-refractivity contribution in [2.24, 2.45) is 11.8 Å². The number of hydrogen-bond acceptors (Lipinski definition) is 6. The highest BCUT2D eigenvalue weighted by Gasteiger charge is 2.44. The van der Waals surface area contributed by atoms with Gasteiger partial charge in [-0.1, -0.05) is 6.92 Å². The molecule has 4 rings (SSSR count). The number of esters is 1. The normalized spacial score (nSPS) is 26.6. The number of hydrogen-bond donors (Lipinski definition) is 0. The van der Waals surface area contributed by atoms with Crippen LogP contribution in [0.15, 0.2) is 6.07 Å². The van der Waals surface area contributed by atoms with Crippen molar-refractivity contribution in [3.8, 4) is 0 Å². The molecule has 1 spiro atoms. The van der Waals surface area contributed by atoms with E-state index in [1.807, 2.05) is 4.90 Å². The van der Waals surface area contributed by atoms with Crippen molar-refractivity contribution < 1.29 is 23.8 Å². The summed E-state index contributed by atoms with van der Waals surface area (Å²) in [5.41, 5.74) is 0.599. The zero-order valence-electron chi connectivity index (χ0n) is 17.9. The van der Waals surface area contributed by atoms with E-state index in [9.17, 15) is 9.59 Å². The number of rotatable bonds is 4. The molecule has 1 aromatic rings. The Morgan fingerprint density at radius 3 is 2.37 bits per heavy atom. The van der Waals surface area contributed by atoms with E-state index in [0.717, 1.165) is 51.4 Å². The molecule has 0 atom stereocenters. The Balaban J connectivity index is 1.62. The zero-order valence-corrected chi connectivity index (χ0v) is 18.7. The summed E-state index contributed by atoms with van der Waals surface area (Å²) in [5, 5.41) is 0. The van der Waals surface area contributed by atoms with E-state index in [1.165, 1.54) is 18.4 Å². The summed E-state index contributed by atoms with van der Waals surface area (Å²) >= 11 is 1.18. The number of nitrogens with zero attached hydrogens (tertiary/aromatic N) is 1. The molecule has 6 nitrogen and oxygen atoms in total. The molecule has 3 aliphatic rings. The molecule has 2 aliphatic carbocycles. The Hall–Kier alpha value is -1.38. The molecular weight excluding hydrogens is 401 g/mol. The summed E-state index contributed by atoms with van der Waals surface area (Å²) in [5.74, 6) is -0.181. The van der Waals surface area contributed by atoms with Gasteiger partial charge in [0.1, 0.15) is 12.7 Å². The first kappa shape index (κ1) is 21.8. The average Bonchev–Trinajstić information content (AvgIpc) is 3.36. The van der Waals surface area contributed by atoms with E-state index >= 15 is 0 Å². The number of amides is 1. The fraction of sp³-hybridized carbons (Fsp3) is 0.727. The SMILES string of the molecule is [B]c1cc(N(C(=O)C2CCC(C)CC2)C2CCC3(CC2)OCCO3)c(C(=O)OC)s1. The highest BCUT2D eigenvalue weighted by Crippen LogP contribution is 2.41. The van der Waals surface area contributed by atoms with Crippen LogP contribution in [0.25, 0.3) is 0 Å². The van der Waals surface area contributed by atoms with Crippen LogP contribution in [0.1, 0.15) is 68.0 Å². The van der Waals surface area contributed by atoms with Crippen LogP contribution in [0.4, 0.5) is 5.69 Å². The highest BCUT2D eigenvalue weighted by molar-refractivity contribution is 7.22. The van der Waals surface area contributed by atoms with Gasteiger partial charge in [-0.05, 0) is 55.3 Å². The van der Waals surface area contributed by atoms with Crippen LogP contribution in [-0.4, -0.2) is 51.9 Å². The summed E-state index contributed by atoms with van der Waals surface area (Å²) in [6.07, 6.45) is 6.95. The van der Waals surface area contributed by atoms with Gasteiger partial charge in [0, 0.05) is 24.8 Å². The van der Waals surface area contributed by atoms with Crippen LogP contribution in [-0.2, 0) is 19.0 Å². The third kappa shape index (κ3) is 4.32. The molecule has 0 aromatic carbocycles. The predicted molar refractivity (Wildman–Crippen MR) is 117 cm³/mol. The Labute approximate surface area is 183 Å². The lowest BCUT2D eigenvalue weighted by Gasteiger charge is -2.42. The fourth-order valence-corrected chi connectivity index (χ4v) is 5.94. The lowest BCUT2D eigenvalue weighted by Crippen LogP contribution is -2.49. The third-order valence-corrected chi connectivity index (χ3v) is 7.79. The molecule has 2 saturated carbocycles. The maximum absolute atomic E-state index is 13.8. The van der Waals surface area contributed by atoms with Crippen LogP contribution in [0.3, 0.4) is 0 Å². The van der Waals surface area contributed by atoms with Gasteiger partial charge in [-0.15, -0.1) is 11.3 Å². The molecule has 162 valence electrons. The molecule has 1 saturated heterocycles. The second kappa shape index (κ2) is 9.01. The summed E-state index contributed by atoms with van der Waals surface area (Å²) < 4.78 is 17.2. The molecule has 1 aliphatic heterocycles. The third-order valence-electron chi connectivity index (χ3n) is 6.86. The Morgan fingerprint density at radius 2 is 1.77 bits per heavy atom. The van der Waals surface area contributed by atoms with E-state index in [2.05, 4.69) is 6.92 Å².